The molecule has 0 unspecified atom stereocenters. The van der Waals surface area contributed by atoms with E-state index in [4.69, 9.17) is 10.5 Å². The van der Waals surface area contributed by atoms with Gasteiger partial charge in [-0.05, 0) is 26.7 Å². The fourth-order valence-electron chi connectivity index (χ4n) is 2.42. The van der Waals surface area contributed by atoms with Crippen LogP contribution in [0.25, 0.3) is 0 Å². The second-order valence-electron chi connectivity index (χ2n) is 5.83. The third-order valence-corrected chi connectivity index (χ3v) is 3.66. The molecule has 2 N–H and O–H groups in total. The van der Waals surface area contributed by atoms with E-state index in [1.165, 1.54) is 6.42 Å². The molecular weight excluding hydrogens is 228 g/mol. The van der Waals surface area contributed by atoms with Crippen LogP contribution in [-0.2, 0) is 9.53 Å². The lowest BCUT2D eigenvalue weighted by Crippen LogP contribution is -2.46. The van der Waals surface area contributed by atoms with Crippen LogP contribution in [0, 0.1) is 0 Å². The SMILES string of the molecule is CC(C)OCCN(C)C(=O)CC1(N)CCCCC1. The van der Waals surface area contributed by atoms with E-state index in [1.807, 2.05) is 20.9 Å². The highest BCUT2D eigenvalue weighted by atomic mass is 16.5. The van der Waals surface area contributed by atoms with Crippen LogP contribution in [-0.4, -0.2) is 42.6 Å². The van der Waals surface area contributed by atoms with E-state index in [9.17, 15) is 4.79 Å². The molecule has 106 valence electrons. The summed E-state index contributed by atoms with van der Waals surface area (Å²) < 4.78 is 5.45. The van der Waals surface area contributed by atoms with E-state index in [-0.39, 0.29) is 17.6 Å². The molecule has 1 aliphatic carbocycles. The summed E-state index contributed by atoms with van der Waals surface area (Å²) in [5, 5.41) is 0. The smallest absolute Gasteiger partial charge is 0.224 e. The Bertz CT molecular complexity index is 261. The van der Waals surface area contributed by atoms with E-state index < -0.39 is 0 Å². The van der Waals surface area contributed by atoms with Crippen molar-refractivity contribution in [3.05, 3.63) is 0 Å². The standard InChI is InChI=1S/C14H28N2O2/c1-12(2)18-10-9-16(3)13(17)11-14(15)7-5-4-6-8-14/h12H,4-11,15H2,1-3H3. The summed E-state index contributed by atoms with van der Waals surface area (Å²) in [5.41, 5.74) is 6.03. The molecule has 0 spiro atoms. The van der Waals surface area contributed by atoms with Crippen LogP contribution in [0.3, 0.4) is 0 Å². The summed E-state index contributed by atoms with van der Waals surface area (Å²) in [6.07, 6.45) is 6.22. The predicted octanol–water partition coefficient (Wildman–Crippen LogP) is 1.92. The Kier molecular flexibility index (Phi) is 6.09. The molecule has 0 aromatic heterocycles. The number of hydrogen-bond donors (Lipinski definition) is 1. The van der Waals surface area contributed by atoms with E-state index in [1.54, 1.807) is 4.90 Å². The molecule has 1 aliphatic rings. The molecule has 0 bridgehead atoms. The minimum atomic E-state index is -0.261. The van der Waals surface area contributed by atoms with Gasteiger partial charge in [0.1, 0.15) is 0 Å². The number of hydrogen-bond acceptors (Lipinski definition) is 3. The highest BCUT2D eigenvalue weighted by molar-refractivity contribution is 5.77. The van der Waals surface area contributed by atoms with Crippen molar-refractivity contribution in [2.75, 3.05) is 20.2 Å². The summed E-state index contributed by atoms with van der Waals surface area (Å²) in [7, 11) is 1.83. The lowest BCUT2D eigenvalue weighted by atomic mass is 9.80. The lowest BCUT2D eigenvalue weighted by Gasteiger charge is -2.34. The molecule has 0 heterocycles. The van der Waals surface area contributed by atoms with Gasteiger partial charge in [-0.2, -0.15) is 0 Å². The number of rotatable bonds is 6. The van der Waals surface area contributed by atoms with Gasteiger partial charge in [0.15, 0.2) is 0 Å². The first-order valence-corrected chi connectivity index (χ1v) is 7.07. The van der Waals surface area contributed by atoms with E-state index >= 15 is 0 Å². The average Bonchev–Trinajstić information content (AvgIpc) is 2.28. The van der Waals surface area contributed by atoms with Crippen LogP contribution in [0.2, 0.25) is 0 Å². The monoisotopic (exact) mass is 256 g/mol. The van der Waals surface area contributed by atoms with Gasteiger partial charge in [-0.25, -0.2) is 0 Å². The van der Waals surface area contributed by atoms with Crippen molar-refractivity contribution in [1.29, 1.82) is 0 Å². The summed E-state index contributed by atoms with van der Waals surface area (Å²) >= 11 is 0. The van der Waals surface area contributed by atoms with Gasteiger partial charge in [0, 0.05) is 25.6 Å². The van der Waals surface area contributed by atoms with Crippen molar-refractivity contribution in [3.8, 4) is 0 Å². The summed E-state index contributed by atoms with van der Waals surface area (Å²) in [4.78, 5) is 13.8. The van der Waals surface area contributed by atoms with Crippen molar-refractivity contribution in [2.45, 2.75) is 64.0 Å². The first-order chi connectivity index (χ1) is 8.43. The normalized spacial score (nSPS) is 18.9. The van der Waals surface area contributed by atoms with Gasteiger partial charge in [0.25, 0.3) is 0 Å². The number of ether oxygens (including phenoxy) is 1. The van der Waals surface area contributed by atoms with Gasteiger partial charge in [-0.15, -0.1) is 0 Å². The molecule has 4 nitrogen and oxygen atoms in total. The highest BCUT2D eigenvalue weighted by Gasteiger charge is 2.30. The van der Waals surface area contributed by atoms with Crippen LogP contribution < -0.4 is 5.73 Å². The van der Waals surface area contributed by atoms with Crippen molar-refractivity contribution < 1.29 is 9.53 Å². The summed E-state index contributed by atoms with van der Waals surface area (Å²) in [6, 6.07) is 0. The van der Waals surface area contributed by atoms with Crippen molar-refractivity contribution >= 4 is 5.91 Å². The van der Waals surface area contributed by atoms with Crippen LogP contribution in [0.4, 0.5) is 0 Å². The first-order valence-electron chi connectivity index (χ1n) is 7.07. The maximum atomic E-state index is 12.1. The van der Waals surface area contributed by atoms with Crippen LogP contribution in [0.5, 0.6) is 0 Å². The minimum Gasteiger partial charge on any atom is -0.377 e. The first kappa shape index (κ1) is 15.4. The zero-order chi connectivity index (χ0) is 13.6. The van der Waals surface area contributed by atoms with Crippen LogP contribution in [0.1, 0.15) is 52.4 Å². The number of carbonyl (C=O) groups is 1. The molecule has 0 radical (unpaired) electrons. The second-order valence-corrected chi connectivity index (χ2v) is 5.83. The Morgan fingerprint density at radius 3 is 2.50 bits per heavy atom. The molecular formula is C14H28N2O2. The average molecular weight is 256 g/mol. The quantitative estimate of drug-likeness (QED) is 0.790. The third-order valence-electron chi connectivity index (χ3n) is 3.66. The number of nitrogens with two attached hydrogens (primary N) is 1. The Hall–Kier alpha value is -0.610. The molecule has 0 aromatic rings. The summed E-state index contributed by atoms with van der Waals surface area (Å²) in [6.45, 7) is 5.24. The van der Waals surface area contributed by atoms with E-state index in [0.717, 1.165) is 25.7 Å². The maximum absolute atomic E-state index is 12.1. The van der Waals surface area contributed by atoms with Gasteiger partial charge in [-0.3, -0.25) is 4.79 Å². The third kappa shape index (κ3) is 5.36. The molecule has 1 amide bonds. The zero-order valence-corrected chi connectivity index (χ0v) is 12.1. The zero-order valence-electron chi connectivity index (χ0n) is 12.1. The van der Waals surface area contributed by atoms with Gasteiger partial charge < -0.3 is 15.4 Å². The van der Waals surface area contributed by atoms with Crippen LogP contribution >= 0.6 is 0 Å². The lowest BCUT2D eigenvalue weighted by molar-refractivity contribution is -0.132. The predicted molar refractivity (Wildman–Crippen MR) is 73.3 cm³/mol. The molecule has 0 aliphatic heterocycles. The molecule has 18 heavy (non-hydrogen) atoms. The topological polar surface area (TPSA) is 55.6 Å². The molecule has 1 saturated carbocycles. The highest BCUT2D eigenvalue weighted by Crippen LogP contribution is 2.28. The van der Waals surface area contributed by atoms with Crippen molar-refractivity contribution in [1.82, 2.24) is 4.90 Å². The summed E-state index contributed by atoms with van der Waals surface area (Å²) in [5.74, 6) is 0.145. The molecule has 1 rings (SSSR count). The van der Waals surface area contributed by atoms with E-state index in [2.05, 4.69) is 0 Å². The minimum absolute atomic E-state index is 0.145. The molecule has 0 atom stereocenters. The molecule has 0 aromatic carbocycles. The van der Waals surface area contributed by atoms with Gasteiger partial charge in [0.05, 0.1) is 12.7 Å². The molecule has 4 heteroatoms. The number of nitrogens with zero attached hydrogens (tertiary/aromatic N) is 1. The molecule has 1 fully saturated rings. The molecule has 0 saturated heterocycles. The Morgan fingerprint density at radius 2 is 1.94 bits per heavy atom. The van der Waals surface area contributed by atoms with Crippen molar-refractivity contribution in [3.63, 3.8) is 0 Å². The second kappa shape index (κ2) is 7.10. The number of amides is 1. The van der Waals surface area contributed by atoms with Gasteiger partial charge in [-0.1, -0.05) is 19.3 Å². The van der Waals surface area contributed by atoms with E-state index in [0.29, 0.717) is 19.6 Å². The Morgan fingerprint density at radius 1 is 1.33 bits per heavy atom. The number of likely N-dealkylation sites (N-methyl/N-ethyl adjacent to an activating group) is 1. The number of carbonyl (C=O) groups excluding carboxylic acids is 1. The fraction of sp³-hybridized carbons (Fsp3) is 0.929. The Labute approximate surface area is 111 Å². The fourth-order valence-corrected chi connectivity index (χ4v) is 2.42. The largest absolute Gasteiger partial charge is 0.377 e. The van der Waals surface area contributed by atoms with Gasteiger partial charge >= 0.3 is 0 Å². The maximum Gasteiger partial charge on any atom is 0.224 e. The van der Waals surface area contributed by atoms with Crippen molar-refractivity contribution in [2.24, 2.45) is 5.73 Å². The Balaban J connectivity index is 2.30. The van der Waals surface area contributed by atoms with Crippen LogP contribution in [0.15, 0.2) is 0 Å². The van der Waals surface area contributed by atoms with Gasteiger partial charge in [0.2, 0.25) is 5.91 Å².